The van der Waals surface area contributed by atoms with Gasteiger partial charge in [-0.15, -0.1) is 6.58 Å². The molecule has 1 fully saturated rings. The van der Waals surface area contributed by atoms with Crippen molar-refractivity contribution in [2.45, 2.75) is 50.4 Å². The second-order valence-corrected chi connectivity index (χ2v) is 5.99. The van der Waals surface area contributed by atoms with E-state index >= 15 is 0 Å². The Morgan fingerprint density at radius 2 is 2.32 bits per heavy atom. The Kier molecular flexibility index (Phi) is 3.58. The summed E-state index contributed by atoms with van der Waals surface area (Å²) in [5, 5.41) is 10.7. The summed E-state index contributed by atoms with van der Waals surface area (Å²) in [6, 6.07) is 0. The average molecular weight is 266 g/mol. The third-order valence-electron chi connectivity index (χ3n) is 4.26. The van der Waals surface area contributed by atoms with Crippen molar-refractivity contribution in [1.29, 1.82) is 0 Å². The van der Waals surface area contributed by atoms with E-state index in [1.54, 1.807) is 13.2 Å². The Balaban J connectivity index is 2.23. The molecule has 0 radical (unpaired) electrons. The van der Waals surface area contributed by atoms with Crippen LogP contribution in [0.2, 0.25) is 0 Å². The van der Waals surface area contributed by atoms with E-state index in [0.717, 1.165) is 0 Å². The van der Waals surface area contributed by atoms with Crippen LogP contribution in [0.5, 0.6) is 0 Å². The maximum Gasteiger partial charge on any atom is 0.162 e. The minimum atomic E-state index is -1.04. The van der Waals surface area contributed by atoms with Crippen LogP contribution in [-0.2, 0) is 14.3 Å². The molecule has 0 aromatic carbocycles. The maximum atomic E-state index is 11.9. The molecule has 1 saturated heterocycles. The third kappa shape index (κ3) is 2.47. The van der Waals surface area contributed by atoms with Crippen molar-refractivity contribution in [3.05, 3.63) is 24.5 Å². The molecule has 0 aromatic rings. The number of hydrogen-bond donors (Lipinski definition) is 1. The van der Waals surface area contributed by atoms with E-state index in [1.165, 1.54) is 6.08 Å². The Hall–Kier alpha value is -1.13. The average Bonchev–Trinajstić information content (AvgIpc) is 2.68. The molecule has 2 aliphatic rings. The molecular formula is C15H22O4. The predicted molar refractivity (Wildman–Crippen MR) is 71.5 cm³/mol. The molecule has 0 amide bonds. The zero-order valence-electron chi connectivity index (χ0n) is 11.8. The largest absolute Gasteiger partial charge is 0.488 e. The van der Waals surface area contributed by atoms with E-state index in [-0.39, 0.29) is 17.8 Å². The molecule has 0 saturated carbocycles. The normalized spacial score (nSPS) is 34.5. The van der Waals surface area contributed by atoms with Crippen LogP contribution >= 0.6 is 0 Å². The van der Waals surface area contributed by atoms with Gasteiger partial charge in [-0.2, -0.15) is 0 Å². The van der Waals surface area contributed by atoms with Gasteiger partial charge in [0, 0.05) is 25.5 Å². The van der Waals surface area contributed by atoms with Gasteiger partial charge in [-0.3, -0.25) is 4.79 Å². The van der Waals surface area contributed by atoms with Gasteiger partial charge in [-0.25, -0.2) is 0 Å². The highest BCUT2D eigenvalue weighted by molar-refractivity contribution is 5.93. The van der Waals surface area contributed by atoms with Crippen LogP contribution in [0.1, 0.15) is 33.1 Å². The number of carbonyl (C=O) groups is 1. The van der Waals surface area contributed by atoms with Crippen molar-refractivity contribution in [1.82, 2.24) is 0 Å². The van der Waals surface area contributed by atoms with Crippen molar-refractivity contribution in [3.63, 3.8) is 0 Å². The van der Waals surface area contributed by atoms with Gasteiger partial charge in [0.15, 0.2) is 5.78 Å². The smallest absolute Gasteiger partial charge is 0.162 e. The molecule has 1 aliphatic carbocycles. The number of ketones is 1. The Bertz CT molecular complexity index is 424. The molecule has 4 heteroatoms. The van der Waals surface area contributed by atoms with Crippen molar-refractivity contribution < 1.29 is 19.4 Å². The molecule has 2 rings (SSSR count). The lowest BCUT2D eigenvalue weighted by molar-refractivity contribution is -0.121. The first-order valence-electron chi connectivity index (χ1n) is 6.63. The van der Waals surface area contributed by atoms with Gasteiger partial charge in [-0.05, 0) is 26.7 Å². The van der Waals surface area contributed by atoms with Gasteiger partial charge in [0.05, 0.1) is 5.60 Å². The van der Waals surface area contributed by atoms with Crippen molar-refractivity contribution >= 4 is 5.78 Å². The molecule has 4 nitrogen and oxygen atoms in total. The summed E-state index contributed by atoms with van der Waals surface area (Å²) in [5.74, 6) is 0.211. The standard InChI is InChI=1S/C15H22O4/c1-5-6-10-8-15(17)9-13(14(2,3)18-4)19-12(15)7-11(10)16/h5,7,10,13,17H,1,6,8-9H2,2-4H3/t10-,13+,15-/m0/s1. The van der Waals surface area contributed by atoms with Gasteiger partial charge >= 0.3 is 0 Å². The minimum Gasteiger partial charge on any atom is -0.488 e. The van der Waals surface area contributed by atoms with Crippen molar-refractivity contribution in [2.75, 3.05) is 7.11 Å². The van der Waals surface area contributed by atoms with Crippen LogP contribution in [0.25, 0.3) is 0 Å². The Labute approximate surface area is 114 Å². The number of allylic oxidation sites excluding steroid dienone is 2. The number of fused-ring (bicyclic) bond motifs is 1. The van der Waals surface area contributed by atoms with Crippen LogP contribution in [-0.4, -0.2) is 35.3 Å². The number of methoxy groups -OCH3 is 1. The van der Waals surface area contributed by atoms with Crippen LogP contribution in [0, 0.1) is 5.92 Å². The second-order valence-electron chi connectivity index (χ2n) is 5.99. The lowest BCUT2D eigenvalue weighted by Crippen LogP contribution is -2.40. The highest BCUT2D eigenvalue weighted by Gasteiger charge is 2.52. The molecule has 0 bridgehead atoms. The summed E-state index contributed by atoms with van der Waals surface area (Å²) in [6.45, 7) is 7.50. The van der Waals surface area contributed by atoms with Gasteiger partial charge < -0.3 is 14.6 Å². The van der Waals surface area contributed by atoms with E-state index in [0.29, 0.717) is 25.0 Å². The van der Waals surface area contributed by atoms with Crippen molar-refractivity contribution in [3.8, 4) is 0 Å². The van der Waals surface area contributed by atoms with Crippen LogP contribution < -0.4 is 0 Å². The first-order valence-corrected chi connectivity index (χ1v) is 6.63. The lowest BCUT2D eigenvalue weighted by atomic mass is 9.77. The molecule has 19 heavy (non-hydrogen) atoms. The Morgan fingerprint density at radius 1 is 1.63 bits per heavy atom. The molecule has 1 heterocycles. The highest BCUT2D eigenvalue weighted by Crippen LogP contribution is 2.45. The molecule has 106 valence electrons. The van der Waals surface area contributed by atoms with Gasteiger partial charge in [0.25, 0.3) is 0 Å². The summed E-state index contributed by atoms with van der Waals surface area (Å²) >= 11 is 0. The second kappa shape index (κ2) is 4.76. The summed E-state index contributed by atoms with van der Waals surface area (Å²) in [6.07, 6.45) is 4.37. The fourth-order valence-electron chi connectivity index (χ4n) is 2.74. The fourth-order valence-corrected chi connectivity index (χ4v) is 2.74. The van der Waals surface area contributed by atoms with Crippen LogP contribution in [0.3, 0.4) is 0 Å². The van der Waals surface area contributed by atoms with E-state index in [4.69, 9.17) is 9.47 Å². The topological polar surface area (TPSA) is 55.8 Å². The fraction of sp³-hybridized carbons (Fsp3) is 0.667. The molecular weight excluding hydrogens is 244 g/mol. The minimum absolute atomic E-state index is 0.00967. The number of aliphatic hydroxyl groups is 1. The first-order chi connectivity index (χ1) is 8.82. The molecule has 0 spiro atoms. The van der Waals surface area contributed by atoms with E-state index in [1.807, 2.05) is 13.8 Å². The van der Waals surface area contributed by atoms with Gasteiger partial charge in [-0.1, -0.05) is 6.08 Å². The zero-order valence-corrected chi connectivity index (χ0v) is 11.8. The molecule has 3 atom stereocenters. The molecule has 1 N–H and O–H groups in total. The molecule has 0 aromatic heterocycles. The first kappa shape index (κ1) is 14.3. The SMILES string of the molecule is C=CC[C@H]1C[C@]2(O)C[C@H](C(C)(C)OC)OC2=CC1=O. The third-order valence-corrected chi connectivity index (χ3v) is 4.26. The van der Waals surface area contributed by atoms with Gasteiger partial charge in [0.1, 0.15) is 17.5 Å². The maximum absolute atomic E-state index is 11.9. The number of rotatable bonds is 4. The Morgan fingerprint density at radius 3 is 2.89 bits per heavy atom. The summed E-state index contributed by atoms with van der Waals surface area (Å²) < 4.78 is 11.2. The van der Waals surface area contributed by atoms with Crippen molar-refractivity contribution in [2.24, 2.45) is 5.92 Å². The monoisotopic (exact) mass is 266 g/mol. The van der Waals surface area contributed by atoms with E-state index in [9.17, 15) is 9.90 Å². The quantitative estimate of drug-likeness (QED) is 0.791. The molecule has 1 aliphatic heterocycles. The van der Waals surface area contributed by atoms with Gasteiger partial charge in [0.2, 0.25) is 0 Å². The van der Waals surface area contributed by atoms with E-state index in [2.05, 4.69) is 6.58 Å². The lowest BCUT2D eigenvalue weighted by Gasteiger charge is -2.30. The number of ether oxygens (including phenoxy) is 2. The van der Waals surface area contributed by atoms with Crippen LogP contribution in [0.4, 0.5) is 0 Å². The summed E-state index contributed by atoms with van der Waals surface area (Å²) in [7, 11) is 1.62. The predicted octanol–water partition coefficient (Wildman–Crippen LogP) is 1.98. The molecule has 0 unspecified atom stereocenters. The van der Waals surface area contributed by atoms with E-state index < -0.39 is 11.2 Å². The summed E-state index contributed by atoms with van der Waals surface area (Å²) in [5.41, 5.74) is -1.53. The number of carbonyl (C=O) groups excluding carboxylic acids is 1. The number of hydrogen-bond acceptors (Lipinski definition) is 4. The highest BCUT2D eigenvalue weighted by atomic mass is 16.6. The van der Waals surface area contributed by atoms with Crippen LogP contribution in [0.15, 0.2) is 24.5 Å². The zero-order chi connectivity index (χ0) is 14.3. The summed E-state index contributed by atoms with van der Waals surface area (Å²) in [4.78, 5) is 11.9.